The summed E-state index contributed by atoms with van der Waals surface area (Å²) < 4.78 is 34.1. The van der Waals surface area contributed by atoms with Crippen molar-refractivity contribution in [2.45, 2.75) is 45.3 Å². The van der Waals surface area contributed by atoms with Gasteiger partial charge in [-0.25, -0.2) is 13.9 Å². The van der Waals surface area contributed by atoms with E-state index in [0.29, 0.717) is 42.4 Å². The van der Waals surface area contributed by atoms with Crippen LogP contribution in [0.4, 0.5) is 4.39 Å². The highest BCUT2D eigenvalue weighted by molar-refractivity contribution is 6.30. The standard InChI is InChI=1S/C33H34ClFN2O5/c1-2-27(28-13-10-25(34)19-29(28)35)33(22-7-11-26(12-8-22)41-17-5-15-40-21-32(38)39)23-9-14-30-24(18-23)20-36-37(30)31-6-3-4-16-42-31/h7-14,18-20,31H,2-6,15-17,21H2,1H3,(H,38,39). The molecule has 2 heterocycles. The van der Waals surface area contributed by atoms with Gasteiger partial charge in [-0.1, -0.05) is 42.8 Å². The largest absolute Gasteiger partial charge is 0.494 e. The van der Waals surface area contributed by atoms with Crippen molar-refractivity contribution in [2.24, 2.45) is 0 Å². The number of nitrogens with zero attached hydrogens (tertiary/aromatic N) is 2. The fourth-order valence-corrected chi connectivity index (χ4v) is 5.49. The number of fused-ring (bicyclic) bond motifs is 1. The topological polar surface area (TPSA) is 82.8 Å². The summed E-state index contributed by atoms with van der Waals surface area (Å²) in [6.45, 7) is 3.13. The van der Waals surface area contributed by atoms with E-state index < -0.39 is 5.97 Å². The van der Waals surface area contributed by atoms with E-state index in [4.69, 9.17) is 30.9 Å². The molecule has 5 rings (SSSR count). The predicted octanol–water partition coefficient (Wildman–Crippen LogP) is 7.77. The Labute approximate surface area is 249 Å². The second kappa shape index (κ2) is 14.0. The van der Waals surface area contributed by atoms with Gasteiger partial charge in [-0.2, -0.15) is 5.10 Å². The van der Waals surface area contributed by atoms with Crippen LogP contribution in [0.1, 0.15) is 61.9 Å². The summed E-state index contributed by atoms with van der Waals surface area (Å²) in [7, 11) is 0. The molecular weight excluding hydrogens is 559 g/mol. The van der Waals surface area contributed by atoms with Gasteiger partial charge in [-0.15, -0.1) is 0 Å². The SMILES string of the molecule is CCC(=C(c1ccc(OCCCOCC(=O)O)cc1)c1ccc2c(cnn2C2CCCCO2)c1)c1ccc(Cl)cc1F. The Morgan fingerprint density at radius 2 is 1.90 bits per heavy atom. The number of benzene rings is 3. The van der Waals surface area contributed by atoms with E-state index >= 15 is 4.39 Å². The molecular formula is C33H34ClFN2O5. The maximum absolute atomic E-state index is 15.3. The Bertz CT molecular complexity index is 1560. The number of aliphatic carboxylic acids is 1. The fraction of sp³-hybridized carbons (Fsp3) is 0.333. The molecule has 220 valence electrons. The van der Waals surface area contributed by atoms with Crippen molar-refractivity contribution < 1.29 is 28.5 Å². The molecule has 0 aliphatic carbocycles. The quantitative estimate of drug-likeness (QED) is 0.134. The van der Waals surface area contributed by atoms with E-state index in [2.05, 4.69) is 23.3 Å². The highest BCUT2D eigenvalue weighted by Crippen LogP contribution is 2.38. The van der Waals surface area contributed by atoms with Gasteiger partial charge in [0.2, 0.25) is 0 Å². The van der Waals surface area contributed by atoms with Crippen molar-refractivity contribution in [3.63, 3.8) is 0 Å². The van der Waals surface area contributed by atoms with Gasteiger partial charge in [0, 0.05) is 29.0 Å². The summed E-state index contributed by atoms with van der Waals surface area (Å²) in [6.07, 6.45) is 6.07. The Balaban J connectivity index is 1.48. The molecule has 1 atom stereocenters. The maximum Gasteiger partial charge on any atom is 0.329 e. The second-order valence-corrected chi connectivity index (χ2v) is 10.6. The predicted molar refractivity (Wildman–Crippen MR) is 161 cm³/mol. The van der Waals surface area contributed by atoms with Gasteiger partial charge < -0.3 is 19.3 Å². The Morgan fingerprint density at radius 3 is 2.62 bits per heavy atom. The fourth-order valence-electron chi connectivity index (χ4n) is 5.33. The Kier molecular flexibility index (Phi) is 9.89. The smallest absolute Gasteiger partial charge is 0.329 e. The van der Waals surface area contributed by atoms with Crippen LogP contribution in [0.25, 0.3) is 22.0 Å². The summed E-state index contributed by atoms with van der Waals surface area (Å²) in [5, 5.41) is 14.7. The number of hydrogen-bond donors (Lipinski definition) is 1. The highest BCUT2D eigenvalue weighted by atomic mass is 35.5. The zero-order valence-corrected chi connectivity index (χ0v) is 24.3. The lowest BCUT2D eigenvalue weighted by atomic mass is 9.87. The molecule has 7 nitrogen and oxygen atoms in total. The minimum absolute atomic E-state index is 0.0669. The Hall–Kier alpha value is -3.72. The van der Waals surface area contributed by atoms with E-state index in [0.717, 1.165) is 59.0 Å². The molecule has 1 aromatic heterocycles. The molecule has 0 spiro atoms. The van der Waals surface area contributed by atoms with Crippen molar-refractivity contribution in [3.8, 4) is 5.75 Å². The average Bonchev–Trinajstić information content (AvgIpc) is 3.42. The number of hydrogen-bond acceptors (Lipinski definition) is 5. The third-order valence-corrected chi connectivity index (χ3v) is 7.53. The van der Waals surface area contributed by atoms with E-state index in [1.807, 2.05) is 42.1 Å². The molecule has 1 unspecified atom stereocenters. The van der Waals surface area contributed by atoms with Crippen molar-refractivity contribution in [2.75, 3.05) is 26.4 Å². The first-order valence-electron chi connectivity index (χ1n) is 14.2. The molecule has 3 aromatic carbocycles. The summed E-state index contributed by atoms with van der Waals surface area (Å²) in [5.41, 5.74) is 5.14. The highest BCUT2D eigenvalue weighted by Gasteiger charge is 2.21. The minimum Gasteiger partial charge on any atom is -0.494 e. The lowest BCUT2D eigenvalue weighted by molar-refractivity contribution is -0.142. The van der Waals surface area contributed by atoms with Gasteiger partial charge >= 0.3 is 5.97 Å². The van der Waals surface area contributed by atoms with Crippen LogP contribution in [0.2, 0.25) is 5.02 Å². The molecule has 1 aliphatic rings. The van der Waals surface area contributed by atoms with Gasteiger partial charge in [-0.05, 0) is 84.4 Å². The van der Waals surface area contributed by atoms with Gasteiger partial charge in [0.15, 0.2) is 6.23 Å². The van der Waals surface area contributed by atoms with Gasteiger partial charge in [0.25, 0.3) is 0 Å². The molecule has 0 bridgehead atoms. The Morgan fingerprint density at radius 1 is 1.10 bits per heavy atom. The number of carbonyl (C=O) groups is 1. The van der Waals surface area contributed by atoms with Crippen LogP contribution in [0.5, 0.6) is 5.75 Å². The van der Waals surface area contributed by atoms with Crippen LogP contribution in [0.15, 0.2) is 66.9 Å². The van der Waals surface area contributed by atoms with Gasteiger partial charge in [0.05, 0.1) is 24.9 Å². The van der Waals surface area contributed by atoms with Gasteiger partial charge in [0.1, 0.15) is 18.2 Å². The molecule has 1 fully saturated rings. The molecule has 42 heavy (non-hydrogen) atoms. The van der Waals surface area contributed by atoms with Crippen LogP contribution in [0, 0.1) is 5.82 Å². The summed E-state index contributed by atoms with van der Waals surface area (Å²) in [4.78, 5) is 10.6. The van der Waals surface area contributed by atoms with Crippen LogP contribution in [-0.4, -0.2) is 47.3 Å². The first-order chi connectivity index (χ1) is 20.4. The molecule has 4 aromatic rings. The van der Waals surface area contributed by atoms with Crippen molar-refractivity contribution >= 4 is 39.6 Å². The molecule has 0 amide bonds. The number of ether oxygens (including phenoxy) is 3. The zero-order chi connectivity index (χ0) is 29.5. The normalized spacial score (nSPS) is 15.9. The zero-order valence-electron chi connectivity index (χ0n) is 23.5. The summed E-state index contributed by atoms with van der Waals surface area (Å²) in [6, 6.07) is 18.7. The summed E-state index contributed by atoms with van der Waals surface area (Å²) in [5.74, 6) is -0.687. The number of halogens is 2. The number of rotatable bonds is 12. The van der Waals surface area contributed by atoms with Crippen LogP contribution in [0.3, 0.4) is 0 Å². The van der Waals surface area contributed by atoms with Crippen molar-refractivity contribution in [3.05, 3.63) is 94.4 Å². The first kappa shape index (κ1) is 29.8. The number of aromatic nitrogens is 2. The van der Waals surface area contributed by atoms with E-state index in [1.54, 1.807) is 12.1 Å². The van der Waals surface area contributed by atoms with Crippen molar-refractivity contribution in [1.29, 1.82) is 0 Å². The van der Waals surface area contributed by atoms with E-state index in [1.165, 1.54) is 6.07 Å². The van der Waals surface area contributed by atoms with Crippen LogP contribution >= 0.6 is 11.6 Å². The second-order valence-electron chi connectivity index (χ2n) is 10.2. The molecule has 9 heteroatoms. The lowest BCUT2D eigenvalue weighted by Crippen LogP contribution is -2.18. The third kappa shape index (κ3) is 7.01. The molecule has 0 radical (unpaired) electrons. The molecule has 0 saturated carbocycles. The maximum atomic E-state index is 15.3. The van der Waals surface area contributed by atoms with Gasteiger partial charge in [-0.3, -0.25) is 0 Å². The number of carboxylic acids is 1. The third-order valence-electron chi connectivity index (χ3n) is 7.29. The van der Waals surface area contributed by atoms with Crippen molar-refractivity contribution in [1.82, 2.24) is 9.78 Å². The molecule has 1 saturated heterocycles. The summed E-state index contributed by atoms with van der Waals surface area (Å²) >= 11 is 6.09. The van der Waals surface area contributed by atoms with Crippen LogP contribution in [-0.2, 0) is 14.3 Å². The van der Waals surface area contributed by atoms with Crippen LogP contribution < -0.4 is 4.74 Å². The monoisotopic (exact) mass is 592 g/mol. The lowest BCUT2D eigenvalue weighted by Gasteiger charge is -2.23. The first-order valence-corrected chi connectivity index (χ1v) is 14.6. The minimum atomic E-state index is -0.994. The average molecular weight is 593 g/mol. The van der Waals surface area contributed by atoms with E-state index in [9.17, 15) is 4.79 Å². The number of allylic oxidation sites excluding steroid dienone is 1. The number of carboxylic acid groups (broad SMARTS) is 1. The molecule has 1 aliphatic heterocycles. The molecule has 1 N–H and O–H groups in total. The van der Waals surface area contributed by atoms with E-state index in [-0.39, 0.29) is 18.7 Å².